The number of hydrogen-bond acceptors (Lipinski definition) is 4. The Morgan fingerprint density at radius 3 is 2.65 bits per heavy atom. The van der Waals surface area contributed by atoms with E-state index in [1.165, 1.54) is 0 Å². The largest absolute Gasteiger partial charge is 0.494 e. The van der Waals surface area contributed by atoms with Crippen LogP contribution in [0.4, 0.5) is 0 Å². The lowest BCUT2D eigenvalue weighted by Gasteiger charge is -2.09. The summed E-state index contributed by atoms with van der Waals surface area (Å²) in [4.78, 5) is 4.72. The van der Waals surface area contributed by atoms with Gasteiger partial charge in [-0.2, -0.15) is 0 Å². The van der Waals surface area contributed by atoms with Crippen LogP contribution < -0.4 is 10.1 Å². The van der Waals surface area contributed by atoms with E-state index in [2.05, 4.69) is 36.7 Å². The van der Waals surface area contributed by atoms with Gasteiger partial charge >= 0.3 is 0 Å². The maximum absolute atomic E-state index is 5.46. The molecule has 20 heavy (non-hydrogen) atoms. The van der Waals surface area contributed by atoms with E-state index < -0.39 is 0 Å². The first kappa shape index (κ1) is 15.0. The summed E-state index contributed by atoms with van der Waals surface area (Å²) in [5.41, 5.74) is 2.26. The molecule has 0 aliphatic rings. The predicted molar refractivity (Wildman–Crippen MR) is 85.4 cm³/mol. The Labute approximate surface area is 125 Å². The fourth-order valence-electron chi connectivity index (χ4n) is 1.94. The quantitative estimate of drug-likeness (QED) is 0.827. The standard InChI is InChI=1S/C16H22N2OS/c1-4-10-17-12(3)15-11-20-16(18-15)13-6-8-14(9-7-13)19-5-2/h6-9,11-12,17H,4-5,10H2,1-3H3. The van der Waals surface area contributed by atoms with Crippen molar-refractivity contribution in [2.75, 3.05) is 13.2 Å². The summed E-state index contributed by atoms with van der Waals surface area (Å²) in [5.74, 6) is 0.908. The number of nitrogens with zero attached hydrogens (tertiary/aromatic N) is 1. The monoisotopic (exact) mass is 290 g/mol. The van der Waals surface area contributed by atoms with Crippen LogP contribution in [-0.4, -0.2) is 18.1 Å². The molecule has 1 unspecified atom stereocenters. The van der Waals surface area contributed by atoms with Crippen LogP contribution in [0.25, 0.3) is 10.6 Å². The minimum atomic E-state index is 0.308. The van der Waals surface area contributed by atoms with Gasteiger partial charge in [-0.25, -0.2) is 4.98 Å². The average Bonchev–Trinajstić information content (AvgIpc) is 2.96. The molecule has 0 bridgehead atoms. The third kappa shape index (κ3) is 3.81. The van der Waals surface area contributed by atoms with Gasteiger partial charge in [0.1, 0.15) is 10.8 Å². The highest BCUT2D eigenvalue weighted by Gasteiger charge is 2.10. The van der Waals surface area contributed by atoms with E-state index in [1.807, 2.05) is 19.1 Å². The lowest BCUT2D eigenvalue weighted by atomic mass is 10.2. The lowest BCUT2D eigenvalue weighted by Crippen LogP contribution is -2.19. The third-order valence-corrected chi connectivity index (χ3v) is 3.99. The Morgan fingerprint density at radius 1 is 1.25 bits per heavy atom. The fourth-order valence-corrected chi connectivity index (χ4v) is 2.86. The molecule has 1 N–H and O–H groups in total. The summed E-state index contributed by atoms with van der Waals surface area (Å²) in [5, 5.41) is 6.66. The smallest absolute Gasteiger partial charge is 0.123 e. The van der Waals surface area contributed by atoms with E-state index in [0.29, 0.717) is 12.6 Å². The number of hydrogen-bond donors (Lipinski definition) is 1. The zero-order valence-electron chi connectivity index (χ0n) is 12.3. The minimum Gasteiger partial charge on any atom is -0.494 e. The van der Waals surface area contributed by atoms with E-state index in [-0.39, 0.29) is 0 Å². The molecule has 3 nitrogen and oxygen atoms in total. The number of nitrogens with one attached hydrogen (secondary N) is 1. The van der Waals surface area contributed by atoms with E-state index in [9.17, 15) is 0 Å². The van der Waals surface area contributed by atoms with E-state index in [1.54, 1.807) is 11.3 Å². The van der Waals surface area contributed by atoms with Gasteiger partial charge in [-0.05, 0) is 51.1 Å². The van der Waals surface area contributed by atoms with Gasteiger partial charge in [-0.15, -0.1) is 11.3 Å². The van der Waals surface area contributed by atoms with Gasteiger partial charge < -0.3 is 10.1 Å². The average molecular weight is 290 g/mol. The maximum atomic E-state index is 5.46. The van der Waals surface area contributed by atoms with Crippen molar-refractivity contribution in [3.8, 4) is 16.3 Å². The zero-order valence-corrected chi connectivity index (χ0v) is 13.2. The van der Waals surface area contributed by atoms with E-state index in [0.717, 1.165) is 35.0 Å². The van der Waals surface area contributed by atoms with Crippen molar-refractivity contribution in [2.24, 2.45) is 0 Å². The summed E-state index contributed by atoms with van der Waals surface area (Å²) in [7, 11) is 0. The number of aromatic nitrogens is 1. The molecule has 0 saturated carbocycles. The Bertz CT molecular complexity index is 522. The van der Waals surface area contributed by atoms with Crippen molar-refractivity contribution in [3.63, 3.8) is 0 Å². The highest BCUT2D eigenvalue weighted by Crippen LogP contribution is 2.27. The van der Waals surface area contributed by atoms with E-state index in [4.69, 9.17) is 9.72 Å². The van der Waals surface area contributed by atoms with Crippen molar-refractivity contribution >= 4 is 11.3 Å². The van der Waals surface area contributed by atoms with E-state index >= 15 is 0 Å². The Kier molecular flexibility index (Phi) is 5.56. The van der Waals surface area contributed by atoms with Crippen LogP contribution in [0.5, 0.6) is 5.75 Å². The van der Waals surface area contributed by atoms with Crippen molar-refractivity contribution in [3.05, 3.63) is 35.3 Å². The highest BCUT2D eigenvalue weighted by atomic mass is 32.1. The molecule has 1 heterocycles. The predicted octanol–water partition coefficient (Wildman–Crippen LogP) is 4.27. The number of ether oxygens (including phenoxy) is 1. The van der Waals surface area contributed by atoms with Crippen LogP contribution in [0.2, 0.25) is 0 Å². The second-order valence-electron chi connectivity index (χ2n) is 4.71. The molecule has 2 aromatic rings. The van der Waals surface area contributed by atoms with Crippen molar-refractivity contribution in [2.45, 2.75) is 33.2 Å². The van der Waals surface area contributed by atoms with Gasteiger partial charge in [0.25, 0.3) is 0 Å². The number of thiazole rings is 1. The Balaban J connectivity index is 2.07. The summed E-state index contributed by atoms with van der Waals surface area (Å²) in [6.07, 6.45) is 1.14. The fraction of sp³-hybridized carbons (Fsp3) is 0.438. The molecule has 0 amide bonds. The summed E-state index contributed by atoms with van der Waals surface area (Å²) in [6.45, 7) is 8.04. The van der Waals surface area contributed by atoms with Crippen LogP contribution >= 0.6 is 11.3 Å². The second kappa shape index (κ2) is 7.41. The normalized spacial score (nSPS) is 12.3. The maximum Gasteiger partial charge on any atom is 0.123 e. The molecule has 4 heteroatoms. The highest BCUT2D eigenvalue weighted by molar-refractivity contribution is 7.13. The number of benzene rings is 1. The van der Waals surface area contributed by atoms with Crippen LogP contribution in [0.3, 0.4) is 0 Å². The van der Waals surface area contributed by atoms with Gasteiger partial charge in [0.15, 0.2) is 0 Å². The van der Waals surface area contributed by atoms with Gasteiger partial charge in [-0.1, -0.05) is 6.92 Å². The molecule has 0 aliphatic heterocycles. The summed E-state index contributed by atoms with van der Waals surface area (Å²) in [6, 6.07) is 8.44. The molecule has 1 aromatic heterocycles. The first-order valence-electron chi connectivity index (χ1n) is 7.16. The first-order chi connectivity index (χ1) is 9.74. The molecule has 0 saturated heterocycles. The number of rotatable bonds is 7. The van der Waals surface area contributed by atoms with Crippen LogP contribution in [-0.2, 0) is 0 Å². The molecule has 0 aliphatic carbocycles. The van der Waals surface area contributed by atoms with Crippen LogP contribution in [0.1, 0.15) is 38.9 Å². The van der Waals surface area contributed by atoms with Gasteiger partial charge in [0, 0.05) is 17.0 Å². The van der Waals surface area contributed by atoms with Gasteiger partial charge in [0.2, 0.25) is 0 Å². The Hall–Kier alpha value is -1.39. The summed E-state index contributed by atoms with van der Waals surface area (Å²) >= 11 is 1.69. The molecular weight excluding hydrogens is 268 g/mol. The zero-order chi connectivity index (χ0) is 14.4. The van der Waals surface area contributed by atoms with Crippen molar-refractivity contribution in [1.29, 1.82) is 0 Å². The molecule has 0 radical (unpaired) electrons. The molecule has 108 valence electrons. The molecule has 0 spiro atoms. The third-order valence-electron chi connectivity index (χ3n) is 3.08. The SMILES string of the molecule is CCCNC(C)c1csc(-c2ccc(OCC)cc2)n1. The molecular formula is C16H22N2OS. The Morgan fingerprint density at radius 2 is 2.00 bits per heavy atom. The van der Waals surface area contributed by atoms with Crippen molar-refractivity contribution in [1.82, 2.24) is 10.3 Å². The molecule has 2 rings (SSSR count). The van der Waals surface area contributed by atoms with Crippen LogP contribution in [0, 0.1) is 0 Å². The van der Waals surface area contributed by atoms with Gasteiger partial charge in [-0.3, -0.25) is 0 Å². The minimum absolute atomic E-state index is 0.308. The topological polar surface area (TPSA) is 34.1 Å². The van der Waals surface area contributed by atoms with Crippen LogP contribution in [0.15, 0.2) is 29.6 Å². The molecule has 1 atom stereocenters. The molecule has 0 fully saturated rings. The van der Waals surface area contributed by atoms with Crippen molar-refractivity contribution < 1.29 is 4.74 Å². The second-order valence-corrected chi connectivity index (χ2v) is 5.57. The molecule has 1 aromatic carbocycles. The lowest BCUT2D eigenvalue weighted by molar-refractivity contribution is 0.340. The summed E-state index contributed by atoms with van der Waals surface area (Å²) < 4.78 is 5.46. The van der Waals surface area contributed by atoms with Gasteiger partial charge in [0.05, 0.1) is 12.3 Å². The first-order valence-corrected chi connectivity index (χ1v) is 8.04.